The van der Waals surface area contributed by atoms with Gasteiger partial charge in [-0.2, -0.15) is 4.39 Å². The van der Waals surface area contributed by atoms with Gasteiger partial charge in [-0.3, -0.25) is 4.79 Å². The van der Waals surface area contributed by atoms with E-state index in [1.54, 1.807) is 24.3 Å². The van der Waals surface area contributed by atoms with Gasteiger partial charge < -0.3 is 4.74 Å². The van der Waals surface area contributed by atoms with Crippen LogP contribution in [-0.2, 0) is 4.79 Å². The maximum Gasteiger partial charge on any atom is 0.299 e. The Hall–Kier alpha value is -1.42. The van der Waals surface area contributed by atoms with Crippen molar-refractivity contribution in [3.05, 3.63) is 29.4 Å². The summed E-state index contributed by atoms with van der Waals surface area (Å²) in [5, 5.41) is 1.11. The molecule has 0 radical (unpaired) electrons. The fourth-order valence-corrected chi connectivity index (χ4v) is 1.98. The van der Waals surface area contributed by atoms with Crippen LogP contribution in [0.3, 0.4) is 0 Å². The first-order chi connectivity index (χ1) is 6.33. The summed E-state index contributed by atoms with van der Waals surface area (Å²) in [4.78, 5) is 10.1. The third-order valence-corrected chi connectivity index (χ3v) is 2.60. The number of carbonyl (C=O) groups excluding carboxylic acids is 1. The molecular weight excluding hydrogens is 191 g/mol. The summed E-state index contributed by atoms with van der Waals surface area (Å²) in [7, 11) is 0. The van der Waals surface area contributed by atoms with Crippen molar-refractivity contribution in [1.82, 2.24) is 0 Å². The lowest BCUT2D eigenvalue weighted by Gasteiger charge is -1.91. The van der Waals surface area contributed by atoms with E-state index in [4.69, 9.17) is 0 Å². The van der Waals surface area contributed by atoms with Crippen molar-refractivity contribution >= 4 is 28.6 Å². The Morgan fingerprint density at radius 1 is 1.31 bits per heavy atom. The molecule has 0 bridgehead atoms. The summed E-state index contributed by atoms with van der Waals surface area (Å²) >= 11 is 0.832. The van der Waals surface area contributed by atoms with Gasteiger partial charge >= 0.3 is 0 Å². The maximum absolute atomic E-state index is 13.2. The minimum absolute atomic E-state index is 0.303. The topological polar surface area (TPSA) is 26.3 Å². The first-order valence-corrected chi connectivity index (χ1v) is 4.42. The number of hydrogen-bond donors (Lipinski definition) is 0. The van der Waals surface area contributed by atoms with Gasteiger partial charge in [0.2, 0.25) is 0 Å². The van der Waals surface area contributed by atoms with Crippen LogP contribution in [0.15, 0.2) is 24.3 Å². The molecule has 0 saturated carbocycles. The Balaban J connectivity index is 2.70. The van der Waals surface area contributed by atoms with Gasteiger partial charge in [0.05, 0.1) is 0 Å². The Morgan fingerprint density at radius 3 is 2.69 bits per heavy atom. The van der Waals surface area contributed by atoms with Gasteiger partial charge in [0, 0.05) is 10.8 Å². The molecule has 0 aliphatic carbocycles. The van der Waals surface area contributed by atoms with Crippen molar-refractivity contribution in [3.8, 4) is 5.06 Å². The number of benzene rings is 1. The molecule has 0 N–H and O–H groups in total. The van der Waals surface area contributed by atoms with Crippen LogP contribution >= 0.6 is 11.3 Å². The van der Waals surface area contributed by atoms with Crippen LogP contribution in [0.25, 0.3) is 10.8 Å². The normalized spacial score (nSPS) is 10.2. The molecule has 0 aliphatic heterocycles. The summed E-state index contributed by atoms with van der Waals surface area (Å²) < 4.78 is 17.8. The zero-order valence-electron chi connectivity index (χ0n) is 6.49. The Bertz CT molecular complexity index is 450. The molecule has 1 aromatic heterocycles. The number of ether oxygens (including phenoxy) is 1. The van der Waals surface area contributed by atoms with E-state index >= 15 is 0 Å². The third kappa shape index (κ3) is 1.29. The van der Waals surface area contributed by atoms with Crippen molar-refractivity contribution in [2.45, 2.75) is 0 Å². The average Bonchev–Trinajstić information content (AvgIpc) is 2.46. The second-order valence-electron chi connectivity index (χ2n) is 2.42. The SMILES string of the molecule is O=COc1sc(F)c2ccccc12. The molecule has 0 unspecified atom stereocenters. The van der Waals surface area contributed by atoms with Crippen LogP contribution in [-0.4, -0.2) is 6.47 Å². The molecule has 0 saturated heterocycles. The van der Waals surface area contributed by atoms with E-state index in [-0.39, 0.29) is 5.13 Å². The standard InChI is InChI=1S/C9H5FO2S/c10-8-6-3-1-2-4-7(6)9(13-8)12-5-11/h1-5H. The lowest BCUT2D eigenvalue weighted by atomic mass is 10.2. The summed E-state index contributed by atoms with van der Waals surface area (Å²) in [6, 6.07) is 6.88. The highest BCUT2D eigenvalue weighted by molar-refractivity contribution is 7.14. The second kappa shape index (κ2) is 3.14. The van der Waals surface area contributed by atoms with Gasteiger partial charge in [-0.1, -0.05) is 29.5 Å². The minimum Gasteiger partial charge on any atom is -0.417 e. The molecule has 0 atom stereocenters. The summed E-state index contributed by atoms with van der Waals surface area (Å²) in [6.07, 6.45) is 0. The molecule has 0 fully saturated rings. The molecule has 2 aromatic rings. The minimum atomic E-state index is -0.326. The van der Waals surface area contributed by atoms with Crippen LogP contribution in [0.4, 0.5) is 4.39 Å². The van der Waals surface area contributed by atoms with E-state index < -0.39 is 0 Å². The van der Waals surface area contributed by atoms with Crippen molar-refractivity contribution in [2.75, 3.05) is 0 Å². The van der Waals surface area contributed by atoms with Crippen molar-refractivity contribution in [1.29, 1.82) is 0 Å². The van der Waals surface area contributed by atoms with E-state index in [1.807, 2.05) is 0 Å². The van der Waals surface area contributed by atoms with Crippen LogP contribution in [0.2, 0.25) is 0 Å². The second-order valence-corrected chi connectivity index (χ2v) is 3.36. The van der Waals surface area contributed by atoms with E-state index in [0.717, 1.165) is 11.3 Å². The summed E-state index contributed by atoms with van der Waals surface area (Å²) in [6.45, 7) is 0.303. The average molecular weight is 196 g/mol. The maximum atomic E-state index is 13.2. The third-order valence-electron chi connectivity index (χ3n) is 1.70. The quantitative estimate of drug-likeness (QED) is 0.690. The number of halogens is 1. The summed E-state index contributed by atoms with van der Waals surface area (Å²) in [5.74, 6) is 0. The molecule has 2 rings (SSSR count). The smallest absolute Gasteiger partial charge is 0.299 e. The van der Waals surface area contributed by atoms with Gasteiger partial charge in [0.25, 0.3) is 6.47 Å². The molecule has 2 nitrogen and oxygen atoms in total. The van der Waals surface area contributed by atoms with Crippen LogP contribution in [0.5, 0.6) is 5.06 Å². The molecule has 0 amide bonds. The zero-order valence-corrected chi connectivity index (χ0v) is 7.31. The highest BCUT2D eigenvalue weighted by Gasteiger charge is 2.10. The molecule has 0 spiro atoms. The highest BCUT2D eigenvalue weighted by atomic mass is 32.1. The Morgan fingerprint density at radius 2 is 2.00 bits per heavy atom. The number of carbonyl (C=O) groups is 1. The molecule has 0 aliphatic rings. The van der Waals surface area contributed by atoms with Crippen LogP contribution in [0.1, 0.15) is 0 Å². The number of fused-ring (bicyclic) bond motifs is 1. The van der Waals surface area contributed by atoms with Crippen molar-refractivity contribution in [2.24, 2.45) is 0 Å². The monoisotopic (exact) mass is 196 g/mol. The van der Waals surface area contributed by atoms with E-state index in [2.05, 4.69) is 4.74 Å². The Labute approximate surface area is 77.6 Å². The van der Waals surface area contributed by atoms with Crippen LogP contribution < -0.4 is 4.74 Å². The van der Waals surface area contributed by atoms with E-state index in [0.29, 0.717) is 22.3 Å². The first-order valence-electron chi connectivity index (χ1n) is 3.60. The lowest BCUT2D eigenvalue weighted by molar-refractivity contribution is -0.120. The molecule has 4 heteroatoms. The fourth-order valence-electron chi connectivity index (χ4n) is 1.16. The largest absolute Gasteiger partial charge is 0.417 e. The van der Waals surface area contributed by atoms with Gasteiger partial charge in [-0.25, -0.2) is 0 Å². The van der Waals surface area contributed by atoms with E-state index in [1.165, 1.54) is 0 Å². The zero-order chi connectivity index (χ0) is 9.26. The molecular formula is C9H5FO2S. The van der Waals surface area contributed by atoms with E-state index in [9.17, 15) is 9.18 Å². The van der Waals surface area contributed by atoms with Gasteiger partial charge in [-0.15, -0.1) is 0 Å². The predicted molar refractivity (Wildman–Crippen MR) is 48.5 cm³/mol. The highest BCUT2D eigenvalue weighted by Crippen LogP contribution is 2.35. The van der Waals surface area contributed by atoms with Gasteiger partial charge in [0.15, 0.2) is 10.2 Å². The number of rotatable bonds is 2. The predicted octanol–water partition coefficient (Wildman–Crippen LogP) is 2.58. The lowest BCUT2D eigenvalue weighted by Crippen LogP contribution is -1.84. The molecule has 66 valence electrons. The number of thiophene rings is 1. The molecule has 1 aromatic carbocycles. The molecule has 1 heterocycles. The Kier molecular flexibility index (Phi) is 1.98. The van der Waals surface area contributed by atoms with Crippen molar-refractivity contribution < 1.29 is 13.9 Å². The fraction of sp³-hybridized carbons (Fsp3) is 0. The van der Waals surface area contributed by atoms with Gasteiger partial charge in [-0.05, 0) is 6.07 Å². The molecule has 13 heavy (non-hydrogen) atoms. The number of hydrogen-bond acceptors (Lipinski definition) is 3. The van der Waals surface area contributed by atoms with Crippen LogP contribution in [0, 0.1) is 5.13 Å². The summed E-state index contributed by atoms with van der Waals surface area (Å²) in [5.41, 5.74) is 0. The van der Waals surface area contributed by atoms with Gasteiger partial charge in [0.1, 0.15) is 0 Å². The first kappa shape index (κ1) is 8.19. The van der Waals surface area contributed by atoms with Crippen molar-refractivity contribution in [3.63, 3.8) is 0 Å².